The Morgan fingerprint density at radius 1 is 0.821 bits per heavy atom. The zero-order valence-electron chi connectivity index (χ0n) is 21.9. The third-order valence-corrected chi connectivity index (χ3v) is 9.83. The van der Waals surface area contributed by atoms with E-state index in [0.29, 0.717) is 34.5 Å². The minimum atomic E-state index is 0.236. The molecule has 0 saturated heterocycles. The van der Waals surface area contributed by atoms with Gasteiger partial charge >= 0.3 is 0 Å². The van der Waals surface area contributed by atoms with Crippen LogP contribution >= 0.6 is 0 Å². The fourth-order valence-electron chi connectivity index (χ4n) is 7.52. The lowest BCUT2D eigenvalue weighted by Crippen LogP contribution is -2.54. The average molecular weight is 393 g/mol. The van der Waals surface area contributed by atoms with Crippen molar-refractivity contribution >= 4 is 0 Å². The van der Waals surface area contributed by atoms with Crippen molar-refractivity contribution in [2.45, 2.75) is 122 Å². The molecular formula is C28H56. The van der Waals surface area contributed by atoms with E-state index < -0.39 is 0 Å². The maximum atomic E-state index is 4.45. The van der Waals surface area contributed by atoms with Crippen LogP contribution in [0.4, 0.5) is 0 Å². The Morgan fingerprint density at radius 3 is 1.54 bits per heavy atom. The zero-order valence-corrected chi connectivity index (χ0v) is 21.9. The van der Waals surface area contributed by atoms with Crippen LogP contribution in [0.3, 0.4) is 0 Å². The minimum absolute atomic E-state index is 0.236. The Morgan fingerprint density at radius 2 is 1.29 bits per heavy atom. The van der Waals surface area contributed by atoms with Gasteiger partial charge in [-0.2, -0.15) is 0 Å². The first-order chi connectivity index (χ1) is 12.9. The van der Waals surface area contributed by atoms with E-state index in [-0.39, 0.29) is 5.41 Å². The van der Waals surface area contributed by atoms with Crippen LogP contribution in [0.25, 0.3) is 0 Å². The highest BCUT2D eigenvalue weighted by Crippen LogP contribution is 2.62. The van der Waals surface area contributed by atoms with Crippen molar-refractivity contribution in [1.29, 1.82) is 0 Å². The molecule has 0 bridgehead atoms. The molecule has 0 amide bonds. The Labute approximate surface area is 180 Å². The van der Waals surface area contributed by atoms with Gasteiger partial charge in [-0.15, -0.1) is 6.58 Å². The first kappa shape index (κ1) is 27.7. The first-order valence-electron chi connectivity index (χ1n) is 12.6. The zero-order chi connectivity index (χ0) is 22.3. The van der Waals surface area contributed by atoms with Crippen LogP contribution < -0.4 is 0 Å². The minimum Gasteiger partial charge on any atom is -0.103 e. The van der Waals surface area contributed by atoms with Crippen molar-refractivity contribution in [3.63, 3.8) is 0 Å². The van der Waals surface area contributed by atoms with E-state index in [0.717, 1.165) is 5.92 Å². The molecule has 28 heavy (non-hydrogen) atoms. The van der Waals surface area contributed by atoms with Crippen molar-refractivity contribution in [2.24, 2.45) is 45.8 Å². The van der Waals surface area contributed by atoms with Gasteiger partial charge in [0.05, 0.1) is 0 Å². The molecule has 0 radical (unpaired) electrons. The van der Waals surface area contributed by atoms with Crippen LogP contribution in [0.1, 0.15) is 122 Å². The van der Waals surface area contributed by atoms with Gasteiger partial charge in [-0.3, -0.25) is 0 Å². The maximum Gasteiger partial charge on any atom is -0.0143 e. The summed E-state index contributed by atoms with van der Waals surface area (Å²) in [5, 5.41) is 0. The molecular weight excluding hydrogens is 336 g/mol. The summed E-state index contributed by atoms with van der Waals surface area (Å²) in [6.45, 7) is 34.1. The highest BCUT2D eigenvalue weighted by atomic mass is 14.6. The van der Waals surface area contributed by atoms with E-state index in [9.17, 15) is 0 Å². The fourth-order valence-corrected chi connectivity index (χ4v) is 7.52. The van der Waals surface area contributed by atoms with E-state index in [2.05, 4.69) is 95.7 Å². The highest BCUT2D eigenvalue weighted by molar-refractivity contribution is 5.09. The van der Waals surface area contributed by atoms with Gasteiger partial charge in [0.25, 0.3) is 0 Å². The second kappa shape index (κ2) is 11.2. The summed E-state index contributed by atoms with van der Waals surface area (Å²) in [5.41, 5.74) is 0.967. The molecule has 0 aliphatic carbocycles. The molecule has 0 saturated carbocycles. The molecule has 5 unspecified atom stereocenters. The topological polar surface area (TPSA) is 0 Å². The molecule has 0 fully saturated rings. The van der Waals surface area contributed by atoms with Gasteiger partial charge in [-0.05, 0) is 52.3 Å². The Bertz CT molecular complexity index is 433. The smallest absolute Gasteiger partial charge is 0.0143 e. The van der Waals surface area contributed by atoms with Gasteiger partial charge < -0.3 is 0 Å². The maximum absolute atomic E-state index is 4.45. The third kappa shape index (κ3) is 4.73. The Balaban J connectivity index is 6.73. The molecule has 0 aliphatic heterocycles. The van der Waals surface area contributed by atoms with Crippen LogP contribution in [0.15, 0.2) is 12.7 Å². The summed E-state index contributed by atoms with van der Waals surface area (Å²) < 4.78 is 0. The van der Waals surface area contributed by atoms with Gasteiger partial charge in [0, 0.05) is 0 Å². The molecule has 5 atom stereocenters. The first-order valence-corrected chi connectivity index (χ1v) is 12.6. The van der Waals surface area contributed by atoms with Gasteiger partial charge in [-0.25, -0.2) is 0 Å². The van der Waals surface area contributed by atoms with Crippen LogP contribution in [0.2, 0.25) is 0 Å². The lowest BCUT2D eigenvalue weighted by Gasteiger charge is -2.61. The van der Waals surface area contributed by atoms with E-state index in [1.165, 1.54) is 38.5 Å². The van der Waals surface area contributed by atoms with E-state index in [1.807, 2.05) is 0 Å². The predicted molar refractivity (Wildman–Crippen MR) is 131 cm³/mol. The second-order valence-electron chi connectivity index (χ2n) is 10.8. The van der Waals surface area contributed by atoms with E-state index in [4.69, 9.17) is 0 Å². The number of hydrogen-bond acceptors (Lipinski definition) is 0. The van der Waals surface area contributed by atoms with Crippen molar-refractivity contribution in [2.75, 3.05) is 0 Å². The monoisotopic (exact) mass is 392 g/mol. The normalized spacial score (nSPS) is 20.5. The van der Waals surface area contributed by atoms with Gasteiger partial charge in [-0.1, -0.05) is 121 Å². The molecule has 0 spiro atoms. The molecule has 168 valence electrons. The quantitative estimate of drug-likeness (QED) is 0.258. The summed E-state index contributed by atoms with van der Waals surface area (Å²) in [6, 6.07) is 0. The average Bonchev–Trinajstić information content (AvgIpc) is 2.64. The van der Waals surface area contributed by atoms with E-state index >= 15 is 0 Å². The summed E-state index contributed by atoms with van der Waals surface area (Å²) in [5.74, 6) is 3.28. The number of allylic oxidation sites excluding steroid dienone is 1. The number of hydrogen-bond donors (Lipinski definition) is 0. The van der Waals surface area contributed by atoms with Crippen LogP contribution in [0, 0.1) is 45.8 Å². The molecule has 0 heteroatoms. The second-order valence-corrected chi connectivity index (χ2v) is 10.8. The van der Waals surface area contributed by atoms with Crippen molar-refractivity contribution in [3.8, 4) is 0 Å². The molecule has 0 aromatic rings. The molecule has 0 aliphatic rings. The predicted octanol–water partition coefficient (Wildman–Crippen LogP) is 9.79. The summed E-state index contributed by atoms with van der Waals surface area (Å²) in [4.78, 5) is 0. The third-order valence-electron chi connectivity index (χ3n) is 9.83. The van der Waals surface area contributed by atoms with Crippen LogP contribution in [0.5, 0.6) is 0 Å². The summed E-state index contributed by atoms with van der Waals surface area (Å²) >= 11 is 0. The Kier molecular flexibility index (Phi) is 11.1. The van der Waals surface area contributed by atoms with Crippen molar-refractivity contribution in [3.05, 3.63) is 12.7 Å². The summed E-state index contributed by atoms with van der Waals surface area (Å²) in [6.07, 6.45) is 10.0. The van der Waals surface area contributed by atoms with Gasteiger partial charge in [0.15, 0.2) is 0 Å². The number of rotatable bonds is 14. The fraction of sp³-hybridized carbons (Fsp3) is 0.929. The standard InChI is InChI=1S/C28H56/c1-14-20-26(12,24(15-2)21(7)8)27(13,22(9)10)25(16-3)23(11)28(17-4,18-5)19-6/h16,21-25H,3,14-15,17-20H2,1-2,4-13H3. The lowest BCUT2D eigenvalue weighted by atomic mass is 9.44. The van der Waals surface area contributed by atoms with Gasteiger partial charge in [0.1, 0.15) is 0 Å². The lowest BCUT2D eigenvalue weighted by molar-refractivity contribution is -0.114. The van der Waals surface area contributed by atoms with E-state index in [1.54, 1.807) is 0 Å². The van der Waals surface area contributed by atoms with Crippen LogP contribution in [-0.2, 0) is 0 Å². The molecule has 0 heterocycles. The Hall–Kier alpha value is -0.260. The SMILES string of the molecule is C=CC(C(C)C(CC)(CC)CC)C(C)(C(C)C)C(C)(CCC)C(CC)C(C)C. The largest absolute Gasteiger partial charge is 0.103 e. The van der Waals surface area contributed by atoms with Gasteiger partial charge in [0.2, 0.25) is 0 Å². The van der Waals surface area contributed by atoms with Crippen LogP contribution in [-0.4, -0.2) is 0 Å². The summed E-state index contributed by atoms with van der Waals surface area (Å²) in [7, 11) is 0. The van der Waals surface area contributed by atoms with Crippen molar-refractivity contribution in [1.82, 2.24) is 0 Å². The molecule has 0 rings (SSSR count). The highest BCUT2D eigenvalue weighted by Gasteiger charge is 2.56. The molecule has 0 aromatic heterocycles. The molecule has 0 N–H and O–H groups in total. The molecule has 0 aromatic carbocycles. The molecule has 0 nitrogen and oxygen atoms in total. The van der Waals surface area contributed by atoms with Crippen molar-refractivity contribution < 1.29 is 0 Å².